The maximum absolute atomic E-state index is 12.3. The Morgan fingerprint density at radius 3 is 2.46 bits per heavy atom. The van der Waals surface area contributed by atoms with Gasteiger partial charge in [0.15, 0.2) is 0 Å². The lowest BCUT2D eigenvalue weighted by Crippen LogP contribution is -2.64. The predicted octanol–water partition coefficient (Wildman–Crippen LogP) is 1.24. The average molecular weight is 446 g/mol. The molecule has 0 N–H and O–H groups in total. The first-order valence-electron chi connectivity index (χ1n) is 7.39. The number of hydrogen-bond acceptors (Lipinski definition) is 8. The Labute approximate surface area is 162 Å². The fourth-order valence-corrected chi connectivity index (χ4v) is 3.93. The minimum Gasteiger partial charge on any atom is -0.424 e. The molecule has 2 amide bonds. The molecule has 1 heterocycles. The van der Waals surface area contributed by atoms with E-state index in [-0.39, 0.29) is 11.7 Å². The second-order valence-electron chi connectivity index (χ2n) is 5.11. The Morgan fingerprint density at radius 2 is 1.88 bits per heavy atom. The largest absolute Gasteiger partial charge is 0.424 e. The second-order valence-corrected chi connectivity index (χ2v) is 7.27. The van der Waals surface area contributed by atoms with Crippen molar-refractivity contribution < 1.29 is 33.4 Å². The SMILES string of the molecule is COCC(=O)S[C@@H]1[C@@H](Br)C(=O)N1C(=O)C(=O)OC(OC)c1ccccc1. The molecule has 0 saturated carbocycles. The summed E-state index contributed by atoms with van der Waals surface area (Å²) in [5.41, 5.74) is 0.533. The van der Waals surface area contributed by atoms with Crippen LogP contribution in [0, 0.1) is 0 Å². The summed E-state index contributed by atoms with van der Waals surface area (Å²) in [7, 11) is 2.67. The molecule has 1 aliphatic rings. The highest BCUT2D eigenvalue weighted by Gasteiger charge is 2.53. The zero-order chi connectivity index (χ0) is 19.3. The van der Waals surface area contributed by atoms with Gasteiger partial charge in [-0.1, -0.05) is 58.0 Å². The number of thioether (sulfide) groups is 1. The van der Waals surface area contributed by atoms with Crippen LogP contribution in [-0.2, 0) is 33.4 Å². The van der Waals surface area contributed by atoms with Crippen molar-refractivity contribution in [2.45, 2.75) is 16.5 Å². The third-order valence-corrected chi connectivity index (χ3v) is 5.73. The van der Waals surface area contributed by atoms with Gasteiger partial charge in [0, 0.05) is 19.8 Å². The van der Waals surface area contributed by atoms with Crippen molar-refractivity contribution in [3.63, 3.8) is 0 Å². The molecule has 1 unspecified atom stereocenters. The van der Waals surface area contributed by atoms with Crippen molar-refractivity contribution >= 4 is 50.6 Å². The van der Waals surface area contributed by atoms with E-state index in [0.717, 1.165) is 11.8 Å². The van der Waals surface area contributed by atoms with Gasteiger partial charge < -0.3 is 14.2 Å². The molecule has 0 aliphatic carbocycles. The first-order valence-corrected chi connectivity index (χ1v) is 9.18. The zero-order valence-corrected chi connectivity index (χ0v) is 16.3. The fourth-order valence-electron chi connectivity index (χ4n) is 2.15. The van der Waals surface area contributed by atoms with Crippen LogP contribution >= 0.6 is 27.7 Å². The minimum absolute atomic E-state index is 0.179. The van der Waals surface area contributed by atoms with Crippen LogP contribution in [0.4, 0.5) is 0 Å². The lowest BCUT2D eigenvalue weighted by molar-refractivity contribution is -0.185. The Morgan fingerprint density at radius 1 is 1.23 bits per heavy atom. The molecule has 10 heteroatoms. The Bertz CT molecular complexity index is 699. The third-order valence-electron chi connectivity index (χ3n) is 3.39. The number of amides is 2. The van der Waals surface area contributed by atoms with Crippen LogP contribution in [0.25, 0.3) is 0 Å². The second kappa shape index (κ2) is 9.26. The molecule has 1 fully saturated rings. The normalized spacial score (nSPS) is 20.3. The summed E-state index contributed by atoms with van der Waals surface area (Å²) < 4.78 is 14.8. The van der Waals surface area contributed by atoms with Gasteiger partial charge in [0.25, 0.3) is 0 Å². The summed E-state index contributed by atoms with van der Waals surface area (Å²) in [6.07, 6.45) is -1.09. The maximum atomic E-state index is 12.3. The molecule has 0 aromatic heterocycles. The number of halogens is 1. The van der Waals surface area contributed by atoms with Crippen LogP contribution in [0.3, 0.4) is 0 Å². The first-order chi connectivity index (χ1) is 12.4. The molecule has 1 aliphatic heterocycles. The molecular formula is C16H16BrNO7S. The van der Waals surface area contributed by atoms with Crippen LogP contribution in [0.2, 0.25) is 0 Å². The summed E-state index contributed by atoms with van der Waals surface area (Å²) >= 11 is 3.83. The van der Waals surface area contributed by atoms with Crippen molar-refractivity contribution in [3.05, 3.63) is 35.9 Å². The molecule has 2 rings (SSSR count). The highest BCUT2D eigenvalue weighted by atomic mass is 79.9. The summed E-state index contributed by atoms with van der Waals surface area (Å²) in [4.78, 5) is 48.0. The predicted molar refractivity (Wildman–Crippen MR) is 95.1 cm³/mol. The monoisotopic (exact) mass is 445 g/mol. The molecule has 1 aromatic carbocycles. The Balaban J connectivity index is 2.05. The summed E-state index contributed by atoms with van der Waals surface area (Å²) in [6, 6.07) is 8.55. The van der Waals surface area contributed by atoms with E-state index in [2.05, 4.69) is 15.9 Å². The Kier molecular flexibility index (Phi) is 7.33. The lowest BCUT2D eigenvalue weighted by atomic mass is 10.2. The molecule has 1 aromatic rings. The highest BCUT2D eigenvalue weighted by molar-refractivity contribution is 9.10. The van der Waals surface area contributed by atoms with Crippen LogP contribution in [0.1, 0.15) is 11.9 Å². The molecule has 8 nitrogen and oxygen atoms in total. The standard InChI is InChI=1S/C16H16BrNO7S/c1-23-8-10(19)26-14-11(17)12(20)18(14)13(21)15(22)25-16(24-2)9-6-4-3-5-7-9/h3-7,11,14,16H,8H2,1-2H3/t11-,14+,16?/m0/s1. The van der Waals surface area contributed by atoms with Gasteiger partial charge in [-0.25, -0.2) is 4.79 Å². The number of carbonyl (C=O) groups is 4. The van der Waals surface area contributed by atoms with Gasteiger partial charge in [-0.05, 0) is 0 Å². The number of rotatable bonds is 6. The van der Waals surface area contributed by atoms with Crippen LogP contribution in [-0.4, -0.2) is 58.8 Å². The van der Waals surface area contributed by atoms with E-state index in [1.54, 1.807) is 30.3 Å². The maximum Gasteiger partial charge on any atom is 0.400 e. The number of ether oxygens (including phenoxy) is 3. The first kappa shape index (κ1) is 20.6. The lowest BCUT2D eigenvalue weighted by Gasteiger charge is -2.41. The van der Waals surface area contributed by atoms with Crippen molar-refractivity contribution in [2.24, 2.45) is 0 Å². The van der Waals surface area contributed by atoms with Crippen LogP contribution in [0.5, 0.6) is 0 Å². The minimum atomic E-state index is -1.25. The van der Waals surface area contributed by atoms with Crippen LogP contribution in [0.15, 0.2) is 30.3 Å². The molecular weight excluding hydrogens is 430 g/mol. The molecule has 1 saturated heterocycles. The van der Waals surface area contributed by atoms with E-state index in [9.17, 15) is 19.2 Å². The summed E-state index contributed by atoms with van der Waals surface area (Å²) in [6.45, 7) is -0.179. The quantitative estimate of drug-likeness (QED) is 0.212. The summed E-state index contributed by atoms with van der Waals surface area (Å²) in [5, 5.41) is -1.22. The highest BCUT2D eigenvalue weighted by Crippen LogP contribution is 2.36. The van der Waals surface area contributed by atoms with E-state index in [0.29, 0.717) is 10.5 Å². The molecule has 0 bridgehead atoms. The number of esters is 1. The zero-order valence-electron chi connectivity index (χ0n) is 13.9. The number of imide groups is 1. The van der Waals surface area contributed by atoms with Crippen molar-refractivity contribution in [1.82, 2.24) is 4.90 Å². The number of β-lactam (4-membered cyclic amide) rings is 1. The average Bonchev–Trinajstić information content (AvgIpc) is 2.65. The number of nitrogens with zero attached hydrogens (tertiary/aromatic N) is 1. The van der Waals surface area contributed by atoms with Gasteiger partial charge in [0.05, 0.1) is 0 Å². The van der Waals surface area contributed by atoms with E-state index in [4.69, 9.17) is 14.2 Å². The van der Waals surface area contributed by atoms with E-state index < -0.39 is 34.3 Å². The molecule has 0 radical (unpaired) electrons. The number of benzene rings is 1. The fraction of sp³-hybridized carbons (Fsp3) is 0.375. The summed E-state index contributed by atoms with van der Waals surface area (Å²) in [5.74, 6) is -3.03. The van der Waals surface area contributed by atoms with Crippen molar-refractivity contribution in [2.75, 3.05) is 20.8 Å². The van der Waals surface area contributed by atoms with Gasteiger partial charge in [-0.15, -0.1) is 0 Å². The van der Waals surface area contributed by atoms with Gasteiger partial charge in [0.1, 0.15) is 16.8 Å². The third kappa shape index (κ3) is 4.50. The smallest absolute Gasteiger partial charge is 0.400 e. The topological polar surface area (TPSA) is 99.2 Å². The van der Waals surface area contributed by atoms with Gasteiger partial charge in [0.2, 0.25) is 17.3 Å². The number of hydrogen-bond donors (Lipinski definition) is 0. The number of alkyl halides is 1. The molecule has 26 heavy (non-hydrogen) atoms. The van der Waals surface area contributed by atoms with Gasteiger partial charge in [-0.3, -0.25) is 19.3 Å². The Hall–Kier alpha value is -1.75. The van der Waals surface area contributed by atoms with E-state index in [1.165, 1.54) is 14.2 Å². The molecule has 3 atom stereocenters. The van der Waals surface area contributed by atoms with E-state index >= 15 is 0 Å². The molecule has 0 spiro atoms. The van der Waals surface area contributed by atoms with E-state index in [1.807, 2.05) is 0 Å². The number of likely N-dealkylation sites (tertiary alicyclic amines) is 1. The van der Waals surface area contributed by atoms with Crippen molar-refractivity contribution in [1.29, 1.82) is 0 Å². The molecule has 140 valence electrons. The number of carbonyl (C=O) groups excluding carboxylic acids is 4. The van der Waals surface area contributed by atoms with Crippen molar-refractivity contribution in [3.8, 4) is 0 Å². The van der Waals surface area contributed by atoms with Crippen LogP contribution < -0.4 is 0 Å². The van der Waals surface area contributed by atoms with Gasteiger partial charge in [-0.2, -0.15) is 0 Å². The van der Waals surface area contributed by atoms with Gasteiger partial charge >= 0.3 is 11.9 Å². The number of methoxy groups -OCH3 is 2.